The first kappa shape index (κ1) is 24.0. The highest BCUT2D eigenvalue weighted by atomic mass is 16.5. The number of nitrogens with zero attached hydrogens (tertiary/aromatic N) is 1. The second-order valence-electron chi connectivity index (χ2n) is 12.0. The second kappa shape index (κ2) is 7.14. The molecule has 0 amide bonds. The fraction of sp³-hybridized carbons (Fsp3) is 1.00. The minimum atomic E-state index is -1.72. The maximum atomic E-state index is 12.6. The summed E-state index contributed by atoms with van der Waals surface area (Å²) in [4.78, 5) is 2.35. The molecular weight excluding hydrogens is 442 g/mol. The monoisotopic (exact) mass is 483 g/mol. The first-order valence-electron chi connectivity index (χ1n) is 12.9. The van der Waals surface area contributed by atoms with Gasteiger partial charge < -0.3 is 39.7 Å². The first-order valence-corrected chi connectivity index (χ1v) is 12.9. The molecule has 5 saturated carbocycles. The third kappa shape index (κ3) is 2.11. The Hall–Kier alpha value is -0.360. The van der Waals surface area contributed by atoms with Crippen LogP contribution in [0.4, 0.5) is 0 Å². The standard InChI is InChI=1S/C25H41NO8/c1-6-22-10-26(7-2)18-15-16(33-4)17(22)24(18,13(32-3)8-12(22)27)11-9-23(30)19(28)14(11)25(15,31)20(29)21(23)34-5/h11-21,27-31H,6-10H2,1-5H3/t11-,12-,13+,14-,15?,16+,17-,18-,19-,20+,21+,22-,23-,24+,25-/m1/s1. The van der Waals surface area contributed by atoms with Gasteiger partial charge in [-0.1, -0.05) is 13.8 Å². The van der Waals surface area contributed by atoms with Crippen LogP contribution < -0.4 is 0 Å². The fourth-order valence-corrected chi connectivity index (χ4v) is 11.1. The zero-order valence-corrected chi connectivity index (χ0v) is 20.8. The van der Waals surface area contributed by atoms with Gasteiger partial charge in [-0.2, -0.15) is 0 Å². The molecule has 6 aliphatic rings. The molecule has 5 N–H and O–H groups in total. The highest BCUT2D eigenvalue weighted by Gasteiger charge is 2.90. The van der Waals surface area contributed by atoms with E-state index in [4.69, 9.17) is 14.2 Å². The van der Waals surface area contributed by atoms with E-state index in [2.05, 4.69) is 18.7 Å². The van der Waals surface area contributed by atoms with Crippen molar-refractivity contribution in [2.45, 2.75) is 87.0 Å². The molecule has 1 unspecified atom stereocenters. The van der Waals surface area contributed by atoms with Crippen LogP contribution in [0.2, 0.25) is 0 Å². The lowest BCUT2D eigenvalue weighted by Crippen LogP contribution is -2.80. The van der Waals surface area contributed by atoms with Crippen LogP contribution in [0.3, 0.4) is 0 Å². The Morgan fingerprint density at radius 1 is 0.941 bits per heavy atom. The van der Waals surface area contributed by atoms with Gasteiger partial charge >= 0.3 is 0 Å². The highest BCUT2D eigenvalue weighted by Crippen LogP contribution is 2.80. The number of aliphatic hydroxyl groups excluding tert-OH is 3. The van der Waals surface area contributed by atoms with Crippen molar-refractivity contribution in [1.29, 1.82) is 0 Å². The molecule has 1 heterocycles. The number of likely N-dealkylation sites (tertiary alicyclic amines) is 1. The van der Waals surface area contributed by atoms with E-state index in [1.807, 2.05) is 0 Å². The zero-order valence-electron chi connectivity index (χ0n) is 20.8. The Balaban J connectivity index is 1.69. The molecule has 5 aliphatic carbocycles. The molecule has 1 spiro atoms. The number of rotatable bonds is 5. The van der Waals surface area contributed by atoms with E-state index in [1.54, 1.807) is 14.2 Å². The summed E-state index contributed by atoms with van der Waals surface area (Å²) in [7, 11) is 4.73. The number of piperidine rings is 1. The molecule has 34 heavy (non-hydrogen) atoms. The van der Waals surface area contributed by atoms with Gasteiger partial charge in [-0.15, -0.1) is 0 Å². The summed E-state index contributed by atoms with van der Waals surface area (Å²) in [6.45, 7) is 5.58. The van der Waals surface area contributed by atoms with Crippen LogP contribution in [-0.2, 0) is 14.2 Å². The van der Waals surface area contributed by atoms with Crippen LogP contribution >= 0.6 is 0 Å². The molecule has 0 radical (unpaired) electrons. The Morgan fingerprint density at radius 2 is 1.65 bits per heavy atom. The van der Waals surface area contributed by atoms with E-state index in [0.717, 1.165) is 6.42 Å². The van der Waals surface area contributed by atoms with E-state index < -0.39 is 64.4 Å². The summed E-state index contributed by atoms with van der Waals surface area (Å²) < 4.78 is 18.0. The predicted octanol–water partition coefficient (Wildman–Crippen LogP) is -1.02. The molecule has 15 atom stereocenters. The average Bonchev–Trinajstić information content (AvgIpc) is 3.18. The summed E-state index contributed by atoms with van der Waals surface area (Å²) in [6.07, 6.45) is -3.76. The minimum absolute atomic E-state index is 0.149. The summed E-state index contributed by atoms with van der Waals surface area (Å²) in [5, 5.41) is 59.2. The second-order valence-corrected chi connectivity index (χ2v) is 12.0. The topological polar surface area (TPSA) is 132 Å². The smallest absolute Gasteiger partial charge is 0.120 e. The lowest BCUT2D eigenvalue weighted by atomic mass is 9.42. The van der Waals surface area contributed by atoms with Crippen molar-refractivity contribution in [3.8, 4) is 0 Å². The van der Waals surface area contributed by atoms with Crippen LogP contribution in [0, 0.1) is 34.5 Å². The molecular formula is C25H41NO8. The molecule has 9 nitrogen and oxygen atoms in total. The minimum Gasteiger partial charge on any atom is -0.392 e. The number of aliphatic hydroxyl groups is 5. The lowest BCUT2D eigenvalue weighted by Gasteiger charge is -2.70. The van der Waals surface area contributed by atoms with Gasteiger partial charge in [0.1, 0.15) is 23.4 Å². The van der Waals surface area contributed by atoms with E-state index in [-0.39, 0.29) is 30.4 Å². The number of methoxy groups -OCH3 is 3. The number of fused-ring (bicyclic) bond motifs is 2. The van der Waals surface area contributed by atoms with Crippen LogP contribution in [0.5, 0.6) is 0 Å². The molecule has 7 bridgehead atoms. The van der Waals surface area contributed by atoms with E-state index in [0.29, 0.717) is 19.5 Å². The van der Waals surface area contributed by atoms with Gasteiger partial charge in [0.2, 0.25) is 0 Å². The van der Waals surface area contributed by atoms with Crippen molar-refractivity contribution < 1.29 is 39.7 Å². The normalized spacial score (nSPS) is 63.9. The zero-order chi connectivity index (χ0) is 24.6. The van der Waals surface area contributed by atoms with Crippen molar-refractivity contribution >= 4 is 0 Å². The van der Waals surface area contributed by atoms with Crippen molar-refractivity contribution in [2.24, 2.45) is 34.5 Å². The summed E-state index contributed by atoms with van der Waals surface area (Å²) in [5.41, 5.74) is -4.44. The van der Waals surface area contributed by atoms with Gasteiger partial charge in [0.05, 0.1) is 24.4 Å². The largest absolute Gasteiger partial charge is 0.392 e. The lowest BCUT2D eigenvalue weighted by molar-refractivity contribution is -0.319. The van der Waals surface area contributed by atoms with Crippen LogP contribution in [0.1, 0.15) is 33.1 Å². The summed E-state index contributed by atoms with van der Waals surface area (Å²) >= 11 is 0. The van der Waals surface area contributed by atoms with Crippen molar-refractivity contribution in [2.75, 3.05) is 34.4 Å². The maximum absolute atomic E-state index is 12.6. The van der Waals surface area contributed by atoms with Crippen LogP contribution in [-0.4, -0.2) is 119 Å². The first-order chi connectivity index (χ1) is 16.1. The van der Waals surface area contributed by atoms with E-state index >= 15 is 0 Å². The summed E-state index contributed by atoms with van der Waals surface area (Å²) in [5.74, 6) is -1.77. The number of ether oxygens (including phenoxy) is 3. The van der Waals surface area contributed by atoms with Gasteiger partial charge in [0.25, 0.3) is 0 Å². The molecule has 6 fully saturated rings. The van der Waals surface area contributed by atoms with Gasteiger partial charge in [-0.25, -0.2) is 0 Å². The molecule has 194 valence electrons. The Kier molecular flexibility index (Phi) is 5.04. The van der Waals surface area contributed by atoms with Gasteiger partial charge in [-0.3, -0.25) is 4.90 Å². The molecule has 1 saturated heterocycles. The molecule has 6 rings (SSSR count). The number of hydrogen-bond acceptors (Lipinski definition) is 9. The van der Waals surface area contributed by atoms with Gasteiger partial charge in [-0.05, 0) is 25.3 Å². The fourth-order valence-electron chi connectivity index (χ4n) is 11.1. The maximum Gasteiger partial charge on any atom is 0.120 e. The quantitative estimate of drug-likeness (QED) is 0.333. The molecule has 1 aliphatic heterocycles. The van der Waals surface area contributed by atoms with E-state index in [9.17, 15) is 25.5 Å². The van der Waals surface area contributed by atoms with Crippen molar-refractivity contribution in [3.05, 3.63) is 0 Å². The molecule has 9 heteroatoms. The molecule has 0 aromatic carbocycles. The van der Waals surface area contributed by atoms with Gasteiger partial charge in [0.15, 0.2) is 0 Å². The van der Waals surface area contributed by atoms with Crippen LogP contribution in [0.15, 0.2) is 0 Å². The average molecular weight is 484 g/mol. The van der Waals surface area contributed by atoms with Crippen LogP contribution in [0.25, 0.3) is 0 Å². The summed E-state index contributed by atoms with van der Waals surface area (Å²) in [6, 6.07) is -0.185. The molecule has 0 aromatic rings. The SMILES string of the molecule is CCN1C[C@]2(CC)[C@H](O)C[C@H](OC)[C@@]34[C@@H]5C[C@@]6(O)[C@H](O)[C@@H]5[C@@](O)(C([C@H](OC)[C@H]23)[C@@H]14)[C@@H](O)[C@@H]6OC. The predicted molar refractivity (Wildman–Crippen MR) is 120 cm³/mol. The number of hydrogen-bond donors (Lipinski definition) is 5. The third-order valence-electron chi connectivity index (χ3n) is 11.9. The molecule has 0 aromatic heterocycles. The van der Waals surface area contributed by atoms with Crippen molar-refractivity contribution in [3.63, 3.8) is 0 Å². The van der Waals surface area contributed by atoms with Gasteiger partial charge in [0, 0.05) is 68.9 Å². The van der Waals surface area contributed by atoms with E-state index in [1.165, 1.54) is 7.11 Å². The van der Waals surface area contributed by atoms with Crippen molar-refractivity contribution in [1.82, 2.24) is 4.90 Å². The Bertz CT molecular complexity index is 861. The Labute approximate surface area is 201 Å². The third-order valence-corrected chi connectivity index (χ3v) is 11.9. The Morgan fingerprint density at radius 3 is 2.21 bits per heavy atom. The highest BCUT2D eigenvalue weighted by molar-refractivity contribution is 5.39.